The Morgan fingerprint density at radius 3 is 2.50 bits per heavy atom. The third-order valence-corrected chi connectivity index (χ3v) is 8.70. The zero-order chi connectivity index (χ0) is 27.1. The fraction of sp³-hybridized carbons (Fsp3) is 0.567. The molecule has 8 heteroatoms. The molecule has 4 rings (SSSR count). The maximum atomic E-state index is 12.9. The van der Waals surface area contributed by atoms with Gasteiger partial charge in [-0.15, -0.1) is 0 Å². The Bertz CT molecular complexity index is 1060. The zero-order valence-electron chi connectivity index (χ0n) is 22.7. The van der Waals surface area contributed by atoms with Crippen LogP contribution in [0.25, 0.3) is 0 Å². The van der Waals surface area contributed by atoms with Crippen molar-refractivity contribution in [2.24, 2.45) is 5.92 Å². The molecule has 0 spiro atoms. The predicted octanol–water partition coefficient (Wildman–Crippen LogP) is 5.59. The predicted molar refractivity (Wildman–Crippen MR) is 156 cm³/mol. The Hall–Kier alpha value is -1.64. The van der Waals surface area contributed by atoms with Crippen molar-refractivity contribution in [2.45, 2.75) is 58.3 Å². The summed E-state index contributed by atoms with van der Waals surface area (Å²) in [6.07, 6.45) is 3.43. The van der Waals surface area contributed by atoms with Crippen LogP contribution in [-0.2, 0) is 17.9 Å². The zero-order valence-corrected chi connectivity index (χ0v) is 25.0. The van der Waals surface area contributed by atoms with Crippen molar-refractivity contribution in [1.82, 2.24) is 14.7 Å². The number of hydrogen-bond acceptors (Lipinski definition) is 5. The molecule has 1 N–H and O–H groups in total. The van der Waals surface area contributed by atoms with E-state index < -0.39 is 5.60 Å². The number of carbonyl (C=O) groups is 1. The van der Waals surface area contributed by atoms with Gasteiger partial charge in [-0.2, -0.15) is 0 Å². The molecule has 0 aliphatic carbocycles. The Morgan fingerprint density at radius 1 is 1.11 bits per heavy atom. The molecule has 6 nitrogen and oxygen atoms in total. The maximum Gasteiger partial charge on any atom is 0.226 e. The molecule has 0 bridgehead atoms. The van der Waals surface area contributed by atoms with Crippen molar-refractivity contribution in [1.29, 1.82) is 0 Å². The normalized spacial score (nSPS) is 20.3. The van der Waals surface area contributed by atoms with E-state index in [1.807, 2.05) is 55.1 Å². The molecule has 1 amide bonds. The number of rotatable bonds is 10. The summed E-state index contributed by atoms with van der Waals surface area (Å²) >= 11 is 9.62. The molecule has 2 aliphatic rings. The minimum Gasteiger partial charge on any atom is -0.489 e. The van der Waals surface area contributed by atoms with Crippen molar-refractivity contribution in [3.63, 3.8) is 0 Å². The first-order valence-electron chi connectivity index (χ1n) is 13.9. The molecule has 2 heterocycles. The Morgan fingerprint density at radius 2 is 1.82 bits per heavy atom. The average molecular weight is 607 g/mol. The van der Waals surface area contributed by atoms with Crippen molar-refractivity contribution in [3.05, 3.63) is 63.1 Å². The molecule has 2 aromatic rings. The van der Waals surface area contributed by atoms with E-state index in [0.717, 1.165) is 97.9 Å². The van der Waals surface area contributed by atoms with Gasteiger partial charge < -0.3 is 14.7 Å². The minimum absolute atomic E-state index is 0.0511. The highest BCUT2D eigenvalue weighted by atomic mass is 79.9. The van der Waals surface area contributed by atoms with Crippen LogP contribution in [0.5, 0.6) is 5.75 Å². The van der Waals surface area contributed by atoms with E-state index in [2.05, 4.69) is 31.8 Å². The van der Waals surface area contributed by atoms with Gasteiger partial charge in [0.15, 0.2) is 0 Å². The first-order chi connectivity index (χ1) is 18.3. The topological polar surface area (TPSA) is 56.2 Å². The fourth-order valence-electron chi connectivity index (χ4n) is 5.69. The lowest BCUT2D eigenvalue weighted by molar-refractivity contribution is -0.137. The summed E-state index contributed by atoms with van der Waals surface area (Å²) in [5.74, 6) is 1.20. The number of benzene rings is 2. The van der Waals surface area contributed by atoms with Crippen molar-refractivity contribution >= 4 is 33.4 Å². The SMILES string of the molecule is CCN(CC)C(=O)C1CCCN(CC2(O)CCN(Cc3cc(Br)ccc3OCc3ccc(Cl)cc3)CC2)C1. The number of β-amino-alcohol motifs (C(OH)–C–C–N with tert-alkyl or cyclic N) is 1. The molecule has 0 saturated carbocycles. The number of hydrogen-bond donors (Lipinski definition) is 1. The van der Waals surface area contributed by atoms with Gasteiger partial charge >= 0.3 is 0 Å². The molecule has 0 aromatic heterocycles. The summed E-state index contributed by atoms with van der Waals surface area (Å²) in [7, 11) is 0. The third kappa shape index (κ3) is 7.95. The van der Waals surface area contributed by atoms with Gasteiger partial charge in [-0.25, -0.2) is 0 Å². The van der Waals surface area contributed by atoms with Crippen LogP contribution in [0.1, 0.15) is 50.7 Å². The molecule has 2 fully saturated rings. The Labute approximate surface area is 241 Å². The summed E-state index contributed by atoms with van der Waals surface area (Å²) in [5.41, 5.74) is 1.50. The molecular formula is C30H41BrClN3O3. The van der Waals surface area contributed by atoms with E-state index >= 15 is 0 Å². The molecule has 1 atom stereocenters. The molecule has 0 radical (unpaired) electrons. The summed E-state index contributed by atoms with van der Waals surface area (Å²) in [5, 5.41) is 12.2. The smallest absolute Gasteiger partial charge is 0.226 e. The van der Waals surface area contributed by atoms with Crippen LogP contribution in [0.2, 0.25) is 5.02 Å². The molecule has 2 aromatic carbocycles. The molecule has 2 aliphatic heterocycles. The van der Waals surface area contributed by atoms with E-state index in [0.29, 0.717) is 13.2 Å². The Kier molecular flexibility index (Phi) is 10.5. The number of halogens is 2. The van der Waals surface area contributed by atoms with Gasteiger partial charge in [0.1, 0.15) is 12.4 Å². The number of ether oxygens (including phenoxy) is 1. The molecule has 2 saturated heterocycles. The van der Waals surface area contributed by atoms with Crippen LogP contribution in [0.15, 0.2) is 46.9 Å². The van der Waals surface area contributed by atoms with Crippen LogP contribution in [0.4, 0.5) is 0 Å². The van der Waals surface area contributed by atoms with Crippen molar-refractivity contribution in [3.8, 4) is 5.75 Å². The highest BCUT2D eigenvalue weighted by Crippen LogP contribution is 2.30. The standard InChI is InChI=1S/C30H41BrClN3O3/c1-3-35(4-2)29(36)24-6-5-15-34(19-24)22-30(37)13-16-33(17-14-30)20-25-18-26(31)9-12-28(25)38-21-23-7-10-27(32)11-8-23/h7-12,18,24,37H,3-6,13-17,19-22H2,1-2H3. The fourth-order valence-corrected chi connectivity index (χ4v) is 6.23. The van der Waals surface area contributed by atoms with Crippen molar-refractivity contribution < 1.29 is 14.6 Å². The van der Waals surface area contributed by atoms with Crippen LogP contribution >= 0.6 is 27.5 Å². The van der Waals surface area contributed by atoms with Gasteiger partial charge in [0, 0.05) is 60.9 Å². The average Bonchev–Trinajstić information content (AvgIpc) is 2.91. The minimum atomic E-state index is -0.707. The van der Waals surface area contributed by atoms with Gasteiger partial charge in [-0.1, -0.05) is 39.7 Å². The van der Waals surface area contributed by atoms with Crippen LogP contribution in [0.3, 0.4) is 0 Å². The summed E-state index contributed by atoms with van der Waals surface area (Å²) in [6, 6.07) is 13.9. The van der Waals surface area contributed by atoms with E-state index in [1.165, 1.54) is 0 Å². The number of amides is 1. The monoisotopic (exact) mass is 605 g/mol. The summed E-state index contributed by atoms with van der Waals surface area (Å²) < 4.78 is 7.21. The van der Waals surface area contributed by atoms with E-state index in [4.69, 9.17) is 16.3 Å². The highest BCUT2D eigenvalue weighted by Gasteiger charge is 2.37. The lowest BCUT2D eigenvalue weighted by Crippen LogP contribution is -2.53. The molecule has 38 heavy (non-hydrogen) atoms. The molecule has 1 unspecified atom stereocenters. The molecular weight excluding hydrogens is 566 g/mol. The quantitative estimate of drug-likeness (QED) is 0.382. The molecule has 208 valence electrons. The summed E-state index contributed by atoms with van der Waals surface area (Å²) in [6.45, 7) is 10.9. The van der Waals surface area contributed by atoms with Gasteiger partial charge in [0.25, 0.3) is 0 Å². The largest absolute Gasteiger partial charge is 0.489 e. The van der Waals surface area contributed by atoms with E-state index in [9.17, 15) is 9.90 Å². The number of carbonyl (C=O) groups excluding carboxylic acids is 1. The van der Waals surface area contributed by atoms with Gasteiger partial charge in [0.05, 0.1) is 11.5 Å². The number of piperidine rings is 2. The second kappa shape index (κ2) is 13.6. The van der Waals surface area contributed by atoms with Crippen LogP contribution in [0, 0.1) is 5.92 Å². The lowest BCUT2D eigenvalue weighted by Gasteiger charge is -2.43. The first-order valence-corrected chi connectivity index (χ1v) is 15.1. The van der Waals surface area contributed by atoms with Crippen LogP contribution < -0.4 is 4.74 Å². The summed E-state index contributed by atoms with van der Waals surface area (Å²) in [4.78, 5) is 19.6. The van der Waals surface area contributed by atoms with Crippen molar-refractivity contribution in [2.75, 3.05) is 45.8 Å². The number of likely N-dealkylation sites (tertiary alicyclic amines) is 2. The second-order valence-electron chi connectivity index (χ2n) is 10.8. The first kappa shape index (κ1) is 29.3. The second-order valence-corrected chi connectivity index (χ2v) is 12.1. The van der Waals surface area contributed by atoms with Crippen LogP contribution in [-0.4, -0.2) is 77.1 Å². The maximum absolute atomic E-state index is 12.9. The van der Waals surface area contributed by atoms with E-state index in [1.54, 1.807) is 0 Å². The van der Waals surface area contributed by atoms with E-state index in [-0.39, 0.29) is 11.8 Å². The highest BCUT2D eigenvalue weighted by molar-refractivity contribution is 9.10. The van der Waals surface area contributed by atoms with Gasteiger partial charge in [0.2, 0.25) is 5.91 Å². The number of aliphatic hydroxyl groups is 1. The third-order valence-electron chi connectivity index (χ3n) is 7.96. The van der Waals surface area contributed by atoms with Gasteiger partial charge in [-0.05, 0) is 82.0 Å². The lowest BCUT2D eigenvalue weighted by atomic mass is 9.88. The van der Waals surface area contributed by atoms with Gasteiger partial charge in [-0.3, -0.25) is 14.6 Å². The Balaban J connectivity index is 1.30. The number of nitrogens with zero attached hydrogens (tertiary/aromatic N) is 3.